The highest BCUT2D eigenvalue weighted by Gasteiger charge is 1.96. The van der Waals surface area contributed by atoms with Crippen molar-refractivity contribution in [2.75, 3.05) is 0 Å². The van der Waals surface area contributed by atoms with Crippen LogP contribution in [0, 0.1) is 4.91 Å². The first-order valence-electron chi connectivity index (χ1n) is 2.28. The Labute approximate surface area is 56.6 Å². The second-order valence-electron chi connectivity index (χ2n) is 1.40. The third kappa shape index (κ3) is 1.23. The summed E-state index contributed by atoms with van der Waals surface area (Å²) in [7, 11) is 0. The molecule has 0 atom stereocenters. The molecule has 0 radical (unpaired) electrons. The fraction of sp³-hybridized carbons (Fsp3) is 0. The Morgan fingerprint density at radius 1 is 1.67 bits per heavy atom. The van der Waals surface area contributed by atoms with Crippen LogP contribution in [0.5, 0.6) is 0 Å². The van der Waals surface area contributed by atoms with Gasteiger partial charge in [0.25, 0.3) is 0 Å². The number of nitroso groups, excluding NO2 is 1. The number of pyridine rings is 1. The van der Waals surface area contributed by atoms with E-state index in [9.17, 15) is 4.91 Å². The minimum absolute atomic E-state index is 0.146. The second kappa shape index (κ2) is 2.55. The lowest BCUT2D eigenvalue weighted by atomic mass is 10.4. The predicted molar refractivity (Wildman–Crippen MR) is 34.7 cm³/mol. The summed E-state index contributed by atoms with van der Waals surface area (Å²) in [6, 6.07) is 3.10. The Hall–Kier alpha value is -0.960. The first kappa shape index (κ1) is 6.16. The molecule has 0 unspecified atom stereocenters. The van der Waals surface area contributed by atoms with Gasteiger partial charge in [-0.2, -0.15) is 0 Å². The molecule has 0 N–H and O–H groups in total. The number of hydrogen-bond acceptors (Lipinski definition) is 3. The number of nitrogens with zero attached hydrogens (tertiary/aromatic N) is 2. The van der Waals surface area contributed by atoms with Gasteiger partial charge in [-0.1, -0.05) is 11.6 Å². The highest BCUT2D eigenvalue weighted by Crippen LogP contribution is 2.19. The van der Waals surface area contributed by atoms with Gasteiger partial charge in [0.05, 0.1) is 0 Å². The monoisotopic (exact) mass is 142 g/mol. The molecule has 9 heavy (non-hydrogen) atoms. The summed E-state index contributed by atoms with van der Waals surface area (Å²) in [4.78, 5) is 13.5. The van der Waals surface area contributed by atoms with E-state index in [0.717, 1.165) is 0 Å². The molecule has 0 saturated heterocycles. The average Bonchev–Trinajstić information content (AvgIpc) is 1.89. The van der Waals surface area contributed by atoms with Gasteiger partial charge in [0.15, 0.2) is 5.15 Å². The standard InChI is InChI=1S/C5H3ClN2O/c6-5-4(8-9)2-1-3-7-5/h1-3H. The summed E-state index contributed by atoms with van der Waals surface area (Å²) >= 11 is 5.42. The van der Waals surface area contributed by atoms with Crippen molar-refractivity contribution < 1.29 is 0 Å². The molecule has 46 valence electrons. The molecule has 0 bridgehead atoms. The highest BCUT2D eigenvalue weighted by molar-refractivity contribution is 6.31. The lowest BCUT2D eigenvalue weighted by molar-refractivity contribution is 1.30. The molecule has 0 fully saturated rings. The van der Waals surface area contributed by atoms with Gasteiger partial charge < -0.3 is 0 Å². The Kier molecular flexibility index (Phi) is 1.75. The topological polar surface area (TPSA) is 42.3 Å². The maximum atomic E-state index is 9.85. The smallest absolute Gasteiger partial charge is 0.158 e. The first-order valence-corrected chi connectivity index (χ1v) is 2.66. The summed E-state index contributed by atoms with van der Waals surface area (Å²) in [6.07, 6.45) is 1.50. The second-order valence-corrected chi connectivity index (χ2v) is 1.76. The van der Waals surface area contributed by atoms with Crippen molar-refractivity contribution >= 4 is 17.3 Å². The average molecular weight is 143 g/mol. The van der Waals surface area contributed by atoms with E-state index < -0.39 is 0 Å². The van der Waals surface area contributed by atoms with E-state index in [1.807, 2.05) is 0 Å². The van der Waals surface area contributed by atoms with Crippen LogP contribution in [-0.2, 0) is 0 Å². The van der Waals surface area contributed by atoms with Crippen molar-refractivity contribution in [3.8, 4) is 0 Å². The van der Waals surface area contributed by atoms with Gasteiger partial charge in [-0.05, 0) is 17.3 Å². The maximum absolute atomic E-state index is 9.85. The van der Waals surface area contributed by atoms with Gasteiger partial charge >= 0.3 is 0 Å². The molecule has 0 saturated carbocycles. The Bertz CT molecular complexity index is 226. The van der Waals surface area contributed by atoms with Crippen LogP contribution in [0.2, 0.25) is 5.15 Å². The van der Waals surface area contributed by atoms with Gasteiger partial charge in [-0.15, -0.1) is 4.91 Å². The van der Waals surface area contributed by atoms with Crippen molar-refractivity contribution in [3.63, 3.8) is 0 Å². The summed E-state index contributed by atoms with van der Waals surface area (Å²) in [6.45, 7) is 0. The molecule has 1 aromatic rings. The number of halogens is 1. The SMILES string of the molecule is O=Nc1cccnc1Cl. The van der Waals surface area contributed by atoms with Gasteiger partial charge in [-0.3, -0.25) is 0 Å². The zero-order chi connectivity index (χ0) is 6.69. The van der Waals surface area contributed by atoms with E-state index in [1.165, 1.54) is 12.3 Å². The molecule has 0 aromatic carbocycles. The molecule has 1 aromatic heterocycles. The third-order valence-electron chi connectivity index (χ3n) is 0.838. The lowest BCUT2D eigenvalue weighted by Crippen LogP contribution is -1.70. The molecule has 0 aliphatic carbocycles. The van der Waals surface area contributed by atoms with Crippen molar-refractivity contribution in [2.24, 2.45) is 5.18 Å². The zero-order valence-corrected chi connectivity index (χ0v) is 5.17. The van der Waals surface area contributed by atoms with E-state index >= 15 is 0 Å². The van der Waals surface area contributed by atoms with Crippen molar-refractivity contribution in [1.29, 1.82) is 0 Å². The number of hydrogen-bond donors (Lipinski definition) is 0. The van der Waals surface area contributed by atoms with Crippen molar-refractivity contribution in [2.45, 2.75) is 0 Å². The van der Waals surface area contributed by atoms with E-state index in [0.29, 0.717) is 0 Å². The van der Waals surface area contributed by atoms with Crippen LogP contribution in [0.4, 0.5) is 5.69 Å². The van der Waals surface area contributed by atoms with Gasteiger partial charge in [-0.25, -0.2) is 4.98 Å². The third-order valence-corrected chi connectivity index (χ3v) is 1.13. The Balaban J connectivity index is 3.15. The predicted octanol–water partition coefficient (Wildman–Crippen LogP) is 2.13. The summed E-state index contributed by atoms with van der Waals surface area (Å²) in [5.74, 6) is 0. The fourth-order valence-corrected chi connectivity index (χ4v) is 0.599. The van der Waals surface area contributed by atoms with Crippen LogP contribution in [0.15, 0.2) is 23.5 Å². The van der Waals surface area contributed by atoms with Gasteiger partial charge in [0.2, 0.25) is 0 Å². The summed E-state index contributed by atoms with van der Waals surface area (Å²) in [5, 5.41) is 2.77. The van der Waals surface area contributed by atoms with E-state index in [-0.39, 0.29) is 10.8 Å². The van der Waals surface area contributed by atoms with E-state index in [2.05, 4.69) is 10.2 Å². The van der Waals surface area contributed by atoms with Crippen LogP contribution in [0.25, 0.3) is 0 Å². The molecule has 0 aliphatic heterocycles. The minimum Gasteiger partial charge on any atom is -0.242 e. The van der Waals surface area contributed by atoms with Crippen molar-refractivity contribution in [3.05, 3.63) is 28.4 Å². The quantitative estimate of drug-likeness (QED) is 0.445. The Morgan fingerprint density at radius 3 is 2.89 bits per heavy atom. The maximum Gasteiger partial charge on any atom is 0.158 e. The summed E-state index contributed by atoms with van der Waals surface area (Å²) in [5.41, 5.74) is 0.180. The molecule has 0 spiro atoms. The van der Waals surface area contributed by atoms with Gasteiger partial charge in [0, 0.05) is 6.20 Å². The van der Waals surface area contributed by atoms with Crippen LogP contribution in [-0.4, -0.2) is 4.98 Å². The molecule has 4 heteroatoms. The number of rotatable bonds is 1. The molecule has 0 aliphatic rings. The van der Waals surface area contributed by atoms with Crippen molar-refractivity contribution in [1.82, 2.24) is 4.98 Å². The largest absolute Gasteiger partial charge is 0.242 e. The Morgan fingerprint density at radius 2 is 2.44 bits per heavy atom. The zero-order valence-electron chi connectivity index (χ0n) is 4.41. The van der Waals surface area contributed by atoms with Crippen LogP contribution in [0.3, 0.4) is 0 Å². The molecule has 0 amide bonds. The van der Waals surface area contributed by atoms with E-state index in [1.54, 1.807) is 6.07 Å². The number of aromatic nitrogens is 1. The molecule has 1 heterocycles. The lowest BCUT2D eigenvalue weighted by Gasteiger charge is -1.87. The van der Waals surface area contributed by atoms with Crippen LogP contribution < -0.4 is 0 Å². The molecular weight excluding hydrogens is 140 g/mol. The fourth-order valence-electron chi connectivity index (χ4n) is 0.446. The molecular formula is C5H3ClN2O. The molecule has 1 rings (SSSR count). The van der Waals surface area contributed by atoms with Gasteiger partial charge in [0.1, 0.15) is 5.69 Å². The summed E-state index contributed by atoms with van der Waals surface area (Å²) < 4.78 is 0. The van der Waals surface area contributed by atoms with Crippen LogP contribution in [0.1, 0.15) is 0 Å². The first-order chi connectivity index (χ1) is 4.34. The van der Waals surface area contributed by atoms with E-state index in [4.69, 9.17) is 11.6 Å². The highest BCUT2D eigenvalue weighted by atomic mass is 35.5. The minimum atomic E-state index is 0.146. The normalized spacial score (nSPS) is 9.00. The van der Waals surface area contributed by atoms with Crippen LogP contribution >= 0.6 is 11.6 Å². The molecule has 3 nitrogen and oxygen atoms in total.